The Morgan fingerprint density at radius 2 is 2.17 bits per heavy atom. The summed E-state index contributed by atoms with van der Waals surface area (Å²) in [6, 6.07) is 11.3. The van der Waals surface area contributed by atoms with Gasteiger partial charge < -0.3 is 5.32 Å². The van der Waals surface area contributed by atoms with Crippen LogP contribution < -0.4 is 5.32 Å². The first-order valence-electron chi connectivity index (χ1n) is 6.68. The van der Waals surface area contributed by atoms with Crippen LogP contribution in [0, 0.1) is 11.3 Å². The van der Waals surface area contributed by atoms with Crippen molar-refractivity contribution >= 4 is 27.5 Å². The molecule has 0 fully saturated rings. The molecule has 3 aromatic rings. The molecule has 0 saturated heterocycles. The second-order valence-electron chi connectivity index (χ2n) is 4.71. The molecule has 114 valence electrons. The minimum absolute atomic E-state index is 0.133. The molecular formula is C15H11BrN6O. The Bertz CT molecular complexity index is 874. The molecule has 0 aliphatic rings. The number of aromatic nitrogens is 4. The molecule has 3 rings (SSSR count). The molecule has 0 aliphatic carbocycles. The molecular weight excluding hydrogens is 360 g/mol. The zero-order chi connectivity index (χ0) is 16.2. The van der Waals surface area contributed by atoms with Crippen molar-refractivity contribution in [3.63, 3.8) is 0 Å². The average molecular weight is 371 g/mol. The van der Waals surface area contributed by atoms with E-state index in [1.807, 2.05) is 30.3 Å². The number of rotatable bonds is 4. The highest BCUT2D eigenvalue weighted by molar-refractivity contribution is 9.10. The maximum absolute atomic E-state index is 12.2. The predicted octanol–water partition coefficient (Wildman–Crippen LogP) is 2.81. The van der Waals surface area contributed by atoms with Crippen LogP contribution in [0.25, 0.3) is 11.3 Å². The molecule has 2 N–H and O–H groups in total. The number of hydrogen-bond donors (Lipinski definition) is 2. The van der Waals surface area contributed by atoms with Crippen LogP contribution in [-0.4, -0.2) is 25.9 Å². The summed E-state index contributed by atoms with van der Waals surface area (Å²) < 4.78 is 2.42. The number of anilines is 1. The number of hydrogen-bond acceptors (Lipinski definition) is 4. The van der Waals surface area contributed by atoms with E-state index in [0.29, 0.717) is 17.1 Å². The number of amides is 1. The first-order chi connectivity index (χ1) is 11.2. The SMILES string of the molecule is N#CCn1cc(NC(=O)c2cc(-c3ccc(Br)cc3)n[nH]2)cn1. The molecule has 2 heterocycles. The van der Waals surface area contributed by atoms with E-state index in [2.05, 4.69) is 36.5 Å². The molecule has 0 radical (unpaired) electrons. The number of aromatic amines is 1. The number of nitrogens with zero attached hydrogens (tertiary/aromatic N) is 4. The van der Waals surface area contributed by atoms with E-state index < -0.39 is 0 Å². The number of benzene rings is 1. The Morgan fingerprint density at radius 3 is 2.91 bits per heavy atom. The summed E-state index contributed by atoms with van der Waals surface area (Å²) in [7, 11) is 0. The van der Waals surface area contributed by atoms with Crippen LogP contribution in [0.5, 0.6) is 0 Å². The third kappa shape index (κ3) is 3.46. The fourth-order valence-corrected chi connectivity index (χ4v) is 2.26. The van der Waals surface area contributed by atoms with Gasteiger partial charge in [0.1, 0.15) is 12.2 Å². The summed E-state index contributed by atoms with van der Waals surface area (Å²) in [5.74, 6) is -0.322. The van der Waals surface area contributed by atoms with Crippen LogP contribution in [0.15, 0.2) is 47.2 Å². The van der Waals surface area contributed by atoms with Crippen molar-refractivity contribution in [2.45, 2.75) is 6.54 Å². The number of halogens is 1. The molecule has 1 aromatic carbocycles. The average Bonchev–Trinajstić information content (AvgIpc) is 3.18. The van der Waals surface area contributed by atoms with E-state index in [0.717, 1.165) is 10.0 Å². The monoisotopic (exact) mass is 370 g/mol. The van der Waals surface area contributed by atoms with Crippen molar-refractivity contribution < 1.29 is 4.79 Å². The van der Waals surface area contributed by atoms with E-state index >= 15 is 0 Å². The van der Waals surface area contributed by atoms with E-state index in [1.165, 1.54) is 10.9 Å². The van der Waals surface area contributed by atoms with E-state index in [-0.39, 0.29) is 12.5 Å². The Labute approximate surface area is 140 Å². The normalized spacial score (nSPS) is 10.3. The Morgan fingerprint density at radius 1 is 1.39 bits per heavy atom. The summed E-state index contributed by atoms with van der Waals surface area (Å²) in [6.45, 7) is 0.133. The van der Waals surface area contributed by atoms with Crippen molar-refractivity contribution in [3.8, 4) is 17.3 Å². The van der Waals surface area contributed by atoms with Crippen LogP contribution in [0.1, 0.15) is 10.5 Å². The van der Waals surface area contributed by atoms with Crippen molar-refractivity contribution in [2.75, 3.05) is 5.32 Å². The smallest absolute Gasteiger partial charge is 0.273 e. The largest absolute Gasteiger partial charge is 0.318 e. The first kappa shape index (κ1) is 15.0. The summed E-state index contributed by atoms with van der Waals surface area (Å²) >= 11 is 3.38. The third-order valence-electron chi connectivity index (χ3n) is 3.09. The van der Waals surface area contributed by atoms with Gasteiger partial charge in [-0.15, -0.1) is 0 Å². The van der Waals surface area contributed by atoms with Crippen molar-refractivity contribution in [1.29, 1.82) is 5.26 Å². The quantitative estimate of drug-likeness (QED) is 0.737. The number of nitriles is 1. The summed E-state index contributed by atoms with van der Waals surface area (Å²) in [5, 5.41) is 22.1. The lowest BCUT2D eigenvalue weighted by molar-refractivity contribution is 0.102. The Hall–Kier alpha value is -2.92. The fraction of sp³-hybridized carbons (Fsp3) is 0.0667. The van der Waals surface area contributed by atoms with E-state index in [4.69, 9.17) is 5.26 Å². The molecule has 8 heteroatoms. The van der Waals surface area contributed by atoms with Gasteiger partial charge in [0.15, 0.2) is 0 Å². The Kier molecular flexibility index (Phi) is 4.21. The summed E-state index contributed by atoms with van der Waals surface area (Å²) in [4.78, 5) is 12.2. The highest BCUT2D eigenvalue weighted by Gasteiger charge is 2.12. The lowest BCUT2D eigenvalue weighted by Crippen LogP contribution is -2.11. The second kappa shape index (κ2) is 6.46. The molecule has 1 amide bonds. The van der Waals surface area contributed by atoms with Crippen molar-refractivity contribution in [1.82, 2.24) is 20.0 Å². The highest BCUT2D eigenvalue weighted by Crippen LogP contribution is 2.20. The summed E-state index contributed by atoms with van der Waals surface area (Å²) in [6.07, 6.45) is 3.08. The molecule has 7 nitrogen and oxygen atoms in total. The van der Waals surface area contributed by atoms with Crippen LogP contribution in [0.2, 0.25) is 0 Å². The fourth-order valence-electron chi connectivity index (χ4n) is 1.99. The van der Waals surface area contributed by atoms with Crippen LogP contribution in [0.3, 0.4) is 0 Å². The zero-order valence-corrected chi connectivity index (χ0v) is 13.4. The second-order valence-corrected chi connectivity index (χ2v) is 5.63. The molecule has 0 aliphatic heterocycles. The van der Waals surface area contributed by atoms with Crippen LogP contribution in [-0.2, 0) is 6.54 Å². The molecule has 0 spiro atoms. The Balaban J connectivity index is 1.73. The summed E-state index contributed by atoms with van der Waals surface area (Å²) in [5.41, 5.74) is 2.45. The maximum Gasteiger partial charge on any atom is 0.273 e. The maximum atomic E-state index is 12.2. The van der Waals surface area contributed by atoms with Crippen LogP contribution >= 0.6 is 15.9 Å². The predicted molar refractivity (Wildman–Crippen MR) is 87.5 cm³/mol. The molecule has 2 aromatic heterocycles. The first-order valence-corrected chi connectivity index (χ1v) is 7.47. The number of carbonyl (C=O) groups excluding carboxylic acids is 1. The lowest BCUT2D eigenvalue weighted by Gasteiger charge is -1.98. The lowest BCUT2D eigenvalue weighted by atomic mass is 10.1. The van der Waals surface area contributed by atoms with Gasteiger partial charge in [-0.25, -0.2) is 0 Å². The van der Waals surface area contributed by atoms with Gasteiger partial charge in [-0.2, -0.15) is 15.5 Å². The zero-order valence-electron chi connectivity index (χ0n) is 11.8. The number of H-pyrrole nitrogens is 1. The number of nitrogens with one attached hydrogen (secondary N) is 2. The van der Waals surface area contributed by atoms with Crippen molar-refractivity contribution in [2.24, 2.45) is 0 Å². The van der Waals surface area contributed by atoms with Crippen LogP contribution in [0.4, 0.5) is 5.69 Å². The minimum Gasteiger partial charge on any atom is -0.318 e. The van der Waals surface area contributed by atoms with E-state index in [1.54, 1.807) is 12.3 Å². The molecule has 0 atom stereocenters. The molecule has 23 heavy (non-hydrogen) atoms. The standard InChI is InChI=1S/C15H11BrN6O/c16-11-3-1-10(2-4-11)13-7-14(21-20-13)15(23)19-12-8-18-22(9-12)6-5-17/h1-4,7-9H,6H2,(H,19,23)(H,20,21). The van der Waals surface area contributed by atoms with Gasteiger partial charge in [-0.1, -0.05) is 28.1 Å². The molecule has 0 saturated carbocycles. The highest BCUT2D eigenvalue weighted by atomic mass is 79.9. The van der Waals surface area contributed by atoms with Gasteiger partial charge in [0, 0.05) is 16.2 Å². The van der Waals surface area contributed by atoms with E-state index in [9.17, 15) is 4.79 Å². The molecule has 0 unspecified atom stereocenters. The van der Waals surface area contributed by atoms with Gasteiger partial charge >= 0.3 is 0 Å². The van der Waals surface area contributed by atoms with Gasteiger partial charge in [0.05, 0.1) is 23.6 Å². The van der Waals surface area contributed by atoms with Gasteiger partial charge in [0.25, 0.3) is 5.91 Å². The molecule has 0 bridgehead atoms. The number of carbonyl (C=O) groups is 1. The minimum atomic E-state index is -0.322. The topological polar surface area (TPSA) is 99.4 Å². The van der Waals surface area contributed by atoms with Gasteiger partial charge in [-0.05, 0) is 18.2 Å². The van der Waals surface area contributed by atoms with Crippen molar-refractivity contribution in [3.05, 3.63) is 52.9 Å². The van der Waals surface area contributed by atoms with Gasteiger partial charge in [0.2, 0.25) is 0 Å². The third-order valence-corrected chi connectivity index (χ3v) is 3.61. The van der Waals surface area contributed by atoms with Gasteiger partial charge in [-0.3, -0.25) is 14.6 Å².